The van der Waals surface area contributed by atoms with Crippen molar-refractivity contribution in [2.75, 3.05) is 13.2 Å². The molecule has 0 bridgehead atoms. The first-order chi connectivity index (χ1) is 5.69. The van der Waals surface area contributed by atoms with Gasteiger partial charge in [-0.05, 0) is 6.92 Å². The molecule has 0 radical (unpaired) electrons. The van der Waals surface area contributed by atoms with Gasteiger partial charge in [0, 0.05) is 0 Å². The largest absolute Gasteiger partial charge is 0.469 e. The van der Waals surface area contributed by atoms with Crippen LogP contribution in [0, 0.1) is 0 Å². The Balaban J connectivity index is 4.02. The topological polar surface area (TPSA) is 127 Å². The highest BCUT2D eigenvalue weighted by Gasteiger charge is 2.31. The number of phosphoric ester groups is 1. The van der Waals surface area contributed by atoms with E-state index < -0.39 is 32.7 Å². The smallest absolute Gasteiger partial charge is 0.393 e. The van der Waals surface area contributed by atoms with Crippen molar-refractivity contribution >= 4 is 7.82 Å². The molecule has 0 aliphatic carbocycles. The molecule has 2 atom stereocenters. The standard InChI is InChI=1S/C5H13O7P/c1-5(8,3-6)4(7)2-12-13(9,10)11/h4,6-8H,2-3H2,1H3,(H2,9,10,11)/t4?,5-/m0/s1. The van der Waals surface area contributed by atoms with Gasteiger partial charge in [0.2, 0.25) is 0 Å². The molecule has 0 spiro atoms. The van der Waals surface area contributed by atoms with Gasteiger partial charge in [0.25, 0.3) is 0 Å². The van der Waals surface area contributed by atoms with Crippen LogP contribution in [0.1, 0.15) is 6.92 Å². The van der Waals surface area contributed by atoms with Crippen molar-refractivity contribution in [1.29, 1.82) is 0 Å². The van der Waals surface area contributed by atoms with Gasteiger partial charge in [-0.3, -0.25) is 4.52 Å². The maximum absolute atomic E-state index is 10.2. The van der Waals surface area contributed by atoms with E-state index in [4.69, 9.17) is 25.1 Å². The van der Waals surface area contributed by atoms with Gasteiger partial charge in [0.15, 0.2) is 0 Å². The number of aliphatic hydroxyl groups excluding tert-OH is 2. The van der Waals surface area contributed by atoms with Crippen molar-refractivity contribution in [1.82, 2.24) is 0 Å². The van der Waals surface area contributed by atoms with Gasteiger partial charge in [-0.2, -0.15) is 0 Å². The summed E-state index contributed by atoms with van der Waals surface area (Å²) < 4.78 is 14.1. The number of phosphoric acid groups is 1. The molecule has 1 unspecified atom stereocenters. The van der Waals surface area contributed by atoms with Gasteiger partial charge in [-0.15, -0.1) is 0 Å². The van der Waals surface area contributed by atoms with E-state index in [0.29, 0.717) is 0 Å². The molecule has 0 saturated heterocycles. The Morgan fingerprint density at radius 2 is 2.00 bits per heavy atom. The highest BCUT2D eigenvalue weighted by molar-refractivity contribution is 7.46. The zero-order valence-electron chi connectivity index (χ0n) is 6.99. The summed E-state index contributed by atoms with van der Waals surface area (Å²) in [5.74, 6) is 0. The third kappa shape index (κ3) is 5.33. The van der Waals surface area contributed by atoms with Crippen LogP contribution in [0.15, 0.2) is 0 Å². The summed E-state index contributed by atoms with van der Waals surface area (Å²) >= 11 is 0. The minimum absolute atomic E-state index is 0.737. The molecule has 0 fully saturated rings. The zero-order valence-corrected chi connectivity index (χ0v) is 7.89. The molecular formula is C5H13O7P. The Bertz CT molecular complexity index is 197. The lowest BCUT2D eigenvalue weighted by Crippen LogP contribution is -2.45. The second-order valence-electron chi connectivity index (χ2n) is 2.82. The Hall–Kier alpha value is -0.0100. The second kappa shape index (κ2) is 4.47. The SMILES string of the molecule is C[C@](O)(CO)C(O)COP(=O)(O)O. The van der Waals surface area contributed by atoms with Gasteiger partial charge in [-0.1, -0.05) is 0 Å². The third-order valence-electron chi connectivity index (χ3n) is 1.44. The highest BCUT2D eigenvalue weighted by atomic mass is 31.2. The first kappa shape index (κ1) is 13.0. The van der Waals surface area contributed by atoms with Crippen molar-refractivity contribution in [3.05, 3.63) is 0 Å². The Labute approximate surface area is 74.8 Å². The summed E-state index contributed by atoms with van der Waals surface area (Å²) in [4.78, 5) is 16.5. The lowest BCUT2D eigenvalue weighted by molar-refractivity contribution is -0.107. The fraction of sp³-hybridized carbons (Fsp3) is 1.00. The fourth-order valence-corrected chi connectivity index (χ4v) is 0.788. The fourth-order valence-electron chi connectivity index (χ4n) is 0.453. The van der Waals surface area contributed by atoms with E-state index in [0.717, 1.165) is 6.92 Å². The van der Waals surface area contributed by atoms with Crippen molar-refractivity contribution < 1.29 is 34.2 Å². The molecule has 0 aromatic rings. The predicted molar refractivity (Wildman–Crippen MR) is 41.7 cm³/mol. The molecule has 0 aromatic carbocycles. The van der Waals surface area contributed by atoms with Gasteiger partial charge in [0.1, 0.15) is 11.7 Å². The molecule has 13 heavy (non-hydrogen) atoms. The van der Waals surface area contributed by atoms with E-state index in [1.165, 1.54) is 0 Å². The molecule has 8 heteroatoms. The average Bonchev–Trinajstić information content (AvgIpc) is 1.98. The maximum Gasteiger partial charge on any atom is 0.469 e. The average molecular weight is 216 g/mol. The molecule has 0 aliphatic rings. The summed E-state index contributed by atoms with van der Waals surface area (Å²) in [6.07, 6.45) is -1.56. The molecule has 0 heterocycles. The van der Waals surface area contributed by atoms with E-state index in [9.17, 15) is 4.57 Å². The predicted octanol–water partition coefficient (Wildman–Crippen LogP) is -1.80. The van der Waals surface area contributed by atoms with Gasteiger partial charge < -0.3 is 25.1 Å². The minimum atomic E-state index is -4.65. The molecular weight excluding hydrogens is 203 g/mol. The van der Waals surface area contributed by atoms with Crippen molar-refractivity contribution in [3.8, 4) is 0 Å². The third-order valence-corrected chi connectivity index (χ3v) is 1.92. The summed E-state index contributed by atoms with van der Waals surface area (Å²) in [6.45, 7) is -0.378. The van der Waals surface area contributed by atoms with E-state index >= 15 is 0 Å². The summed E-state index contributed by atoms with van der Waals surface area (Å²) in [7, 11) is -4.65. The summed E-state index contributed by atoms with van der Waals surface area (Å²) in [5.41, 5.74) is -1.84. The van der Waals surface area contributed by atoms with E-state index in [-0.39, 0.29) is 0 Å². The number of hydrogen-bond acceptors (Lipinski definition) is 5. The molecule has 0 saturated carbocycles. The van der Waals surface area contributed by atoms with Crippen LogP contribution < -0.4 is 0 Å². The van der Waals surface area contributed by atoms with Crippen molar-refractivity contribution in [3.63, 3.8) is 0 Å². The van der Waals surface area contributed by atoms with Crippen LogP contribution in [-0.2, 0) is 9.09 Å². The molecule has 80 valence electrons. The Morgan fingerprint density at radius 1 is 1.54 bits per heavy atom. The molecule has 0 amide bonds. The minimum Gasteiger partial charge on any atom is -0.393 e. The van der Waals surface area contributed by atoms with Crippen LogP contribution in [0.4, 0.5) is 0 Å². The quantitative estimate of drug-likeness (QED) is 0.343. The maximum atomic E-state index is 10.2. The lowest BCUT2D eigenvalue weighted by Gasteiger charge is -2.26. The molecule has 7 nitrogen and oxygen atoms in total. The van der Waals surface area contributed by atoms with Crippen LogP contribution in [0.25, 0.3) is 0 Å². The number of hydrogen-bond donors (Lipinski definition) is 5. The van der Waals surface area contributed by atoms with Gasteiger partial charge in [-0.25, -0.2) is 4.57 Å². The Morgan fingerprint density at radius 3 is 2.31 bits per heavy atom. The van der Waals surface area contributed by atoms with Crippen LogP contribution >= 0.6 is 7.82 Å². The highest BCUT2D eigenvalue weighted by Crippen LogP contribution is 2.36. The molecule has 0 aromatic heterocycles. The Kier molecular flexibility index (Phi) is 4.47. The zero-order chi connectivity index (χ0) is 10.7. The van der Waals surface area contributed by atoms with Gasteiger partial charge >= 0.3 is 7.82 Å². The van der Waals surface area contributed by atoms with Crippen molar-refractivity contribution in [2.45, 2.75) is 18.6 Å². The van der Waals surface area contributed by atoms with Crippen molar-refractivity contribution in [2.24, 2.45) is 0 Å². The van der Waals surface area contributed by atoms with E-state index in [1.54, 1.807) is 0 Å². The normalized spacial score (nSPS) is 19.5. The lowest BCUT2D eigenvalue weighted by atomic mass is 10.0. The first-order valence-electron chi connectivity index (χ1n) is 3.40. The van der Waals surface area contributed by atoms with Crippen LogP contribution in [0.5, 0.6) is 0 Å². The summed E-state index contributed by atoms with van der Waals surface area (Å²) in [6, 6.07) is 0. The number of aliphatic hydroxyl groups is 3. The van der Waals surface area contributed by atoms with Crippen LogP contribution in [0.3, 0.4) is 0 Å². The monoisotopic (exact) mass is 216 g/mol. The van der Waals surface area contributed by atoms with Crippen LogP contribution in [-0.4, -0.2) is 50.0 Å². The summed E-state index contributed by atoms with van der Waals surface area (Å²) in [5, 5.41) is 26.8. The second-order valence-corrected chi connectivity index (χ2v) is 4.06. The first-order valence-corrected chi connectivity index (χ1v) is 4.93. The van der Waals surface area contributed by atoms with Gasteiger partial charge in [0.05, 0.1) is 13.2 Å². The molecule has 0 aliphatic heterocycles. The van der Waals surface area contributed by atoms with Crippen LogP contribution in [0.2, 0.25) is 0 Å². The van der Waals surface area contributed by atoms with E-state index in [2.05, 4.69) is 4.52 Å². The molecule has 0 rings (SSSR count). The molecule has 5 N–H and O–H groups in total. The van der Waals surface area contributed by atoms with E-state index in [1.807, 2.05) is 0 Å². The number of rotatable bonds is 5.